The van der Waals surface area contributed by atoms with E-state index in [1.165, 1.54) is 31.5 Å². The first-order valence-electron chi connectivity index (χ1n) is 6.26. The lowest BCUT2D eigenvalue weighted by Gasteiger charge is -2.33. The van der Waals surface area contributed by atoms with Crippen LogP contribution in [0.2, 0.25) is 0 Å². The quantitative estimate of drug-likeness (QED) is 0.720. The highest BCUT2D eigenvalue weighted by atomic mass is 79.9. The molecule has 1 saturated heterocycles. The summed E-state index contributed by atoms with van der Waals surface area (Å²) in [5.74, 6) is 0.858. The van der Waals surface area contributed by atoms with Gasteiger partial charge < -0.3 is 0 Å². The van der Waals surface area contributed by atoms with Gasteiger partial charge >= 0.3 is 0 Å². The number of likely N-dealkylation sites (tertiary alicyclic amines) is 1. The van der Waals surface area contributed by atoms with Crippen molar-refractivity contribution in [2.75, 3.05) is 13.1 Å². The zero-order valence-electron chi connectivity index (χ0n) is 10.2. The summed E-state index contributed by atoms with van der Waals surface area (Å²) in [7, 11) is 0. The molecule has 1 aliphatic rings. The number of halogens is 2. The third-order valence-corrected chi connectivity index (χ3v) is 4.88. The van der Waals surface area contributed by atoms with Crippen molar-refractivity contribution in [3.05, 3.63) is 34.3 Å². The van der Waals surface area contributed by atoms with Gasteiger partial charge in [0.2, 0.25) is 0 Å². The molecule has 1 aliphatic heterocycles. The fourth-order valence-corrected chi connectivity index (χ4v) is 3.21. The van der Waals surface area contributed by atoms with Crippen LogP contribution in [0.25, 0.3) is 0 Å². The van der Waals surface area contributed by atoms with E-state index in [0.717, 1.165) is 16.9 Å². The van der Waals surface area contributed by atoms with E-state index in [1.54, 1.807) is 0 Å². The molecule has 17 heavy (non-hydrogen) atoms. The molecule has 0 radical (unpaired) electrons. The molecule has 1 heterocycles. The Morgan fingerprint density at radius 3 is 2.35 bits per heavy atom. The summed E-state index contributed by atoms with van der Waals surface area (Å²) in [6.07, 6.45) is 2.64. The Hall–Kier alpha value is 0.140. The molecule has 0 bridgehead atoms. The summed E-state index contributed by atoms with van der Waals surface area (Å²) in [5, 5.41) is 0. The van der Waals surface area contributed by atoms with Crippen LogP contribution < -0.4 is 0 Å². The van der Waals surface area contributed by atoms with Crippen LogP contribution in [0.5, 0.6) is 0 Å². The van der Waals surface area contributed by atoms with Crippen LogP contribution >= 0.6 is 31.9 Å². The van der Waals surface area contributed by atoms with Crippen molar-refractivity contribution in [1.82, 2.24) is 4.90 Å². The Balaban J connectivity index is 1.84. The van der Waals surface area contributed by atoms with Gasteiger partial charge in [-0.25, -0.2) is 0 Å². The average Bonchev–Trinajstić information content (AvgIpc) is 2.33. The molecule has 94 valence electrons. The number of benzene rings is 1. The van der Waals surface area contributed by atoms with E-state index in [1.807, 2.05) is 0 Å². The number of hydrogen-bond donors (Lipinski definition) is 0. The standard InChI is InChI=1S/C14H19Br2N/c1-11(15)13-6-8-17(9-7-13)10-12-2-4-14(16)5-3-12/h2-5,11,13H,6-10H2,1H3. The van der Waals surface area contributed by atoms with E-state index in [4.69, 9.17) is 0 Å². The molecule has 1 nitrogen and oxygen atoms in total. The normalized spacial score (nSPS) is 20.4. The van der Waals surface area contributed by atoms with Gasteiger partial charge in [0.15, 0.2) is 0 Å². The van der Waals surface area contributed by atoms with E-state index < -0.39 is 0 Å². The second kappa shape index (κ2) is 6.35. The first-order valence-corrected chi connectivity index (χ1v) is 7.97. The average molecular weight is 361 g/mol. The second-order valence-corrected chi connectivity index (χ2v) is 7.28. The highest BCUT2D eigenvalue weighted by Gasteiger charge is 2.22. The molecule has 1 unspecified atom stereocenters. The Morgan fingerprint density at radius 2 is 1.82 bits per heavy atom. The van der Waals surface area contributed by atoms with Gasteiger partial charge in [0.1, 0.15) is 0 Å². The summed E-state index contributed by atoms with van der Waals surface area (Å²) in [6.45, 7) is 5.83. The summed E-state index contributed by atoms with van der Waals surface area (Å²) in [4.78, 5) is 3.23. The van der Waals surface area contributed by atoms with Crippen LogP contribution in [0.4, 0.5) is 0 Å². The highest BCUT2D eigenvalue weighted by molar-refractivity contribution is 9.10. The SMILES string of the molecule is CC(Br)C1CCN(Cc2ccc(Br)cc2)CC1. The predicted molar refractivity (Wildman–Crippen MR) is 80.5 cm³/mol. The van der Waals surface area contributed by atoms with E-state index in [2.05, 4.69) is 67.9 Å². The number of nitrogens with zero attached hydrogens (tertiary/aromatic N) is 1. The van der Waals surface area contributed by atoms with Gasteiger partial charge in [-0.05, 0) is 49.5 Å². The Kier molecular flexibility index (Phi) is 5.07. The molecule has 1 fully saturated rings. The van der Waals surface area contributed by atoms with E-state index in [0.29, 0.717) is 4.83 Å². The second-order valence-electron chi connectivity index (χ2n) is 4.92. The van der Waals surface area contributed by atoms with Crippen molar-refractivity contribution in [2.24, 2.45) is 5.92 Å². The van der Waals surface area contributed by atoms with Gasteiger partial charge in [0.25, 0.3) is 0 Å². The van der Waals surface area contributed by atoms with Gasteiger partial charge in [-0.1, -0.05) is 50.9 Å². The summed E-state index contributed by atoms with van der Waals surface area (Å²) >= 11 is 7.18. The molecule has 0 saturated carbocycles. The minimum Gasteiger partial charge on any atom is -0.299 e. The number of hydrogen-bond acceptors (Lipinski definition) is 1. The van der Waals surface area contributed by atoms with Crippen LogP contribution in [-0.4, -0.2) is 22.8 Å². The van der Waals surface area contributed by atoms with Crippen LogP contribution in [0.1, 0.15) is 25.3 Å². The van der Waals surface area contributed by atoms with Crippen molar-refractivity contribution in [3.63, 3.8) is 0 Å². The van der Waals surface area contributed by atoms with E-state index >= 15 is 0 Å². The molecule has 1 aromatic carbocycles. The monoisotopic (exact) mass is 359 g/mol. The zero-order chi connectivity index (χ0) is 12.3. The third kappa shape index (κ3) is 4.08. The van der Waals surface area contributed by atoms with Crippen LogP contribution in [0, 0.1) is 5.92 Å². The molecule has 1 aromatic rings. The smallest absolute Gasteiger partial charge is 0.0233 e. The summed E-state index contributed by atoms with van der Waals surface area (Å²) in [5.41, 5.74) is 1.42. The molecule has 2 rings (SSSR count). The Labute approximate surface area is 121 Å². The van der Waals surface area contributed by atoms with Gasteiger partial charge in [-0.3, -0.25) is 4.90 Å². The zero-order valence-corrected chi connectivity index (χ0v) is 13.4. The van der Waals surface area contributed by atoms with E-state index in [9.17, 15) is 0 Å². The molecular weight excluding hydrogens is 342 g/mol. The number of alkyl halides is 1. The molecule has 0 aliphatic carbocycles. The Morgan fingerprint density at radius 1 is 1.24 bits per heavy atom. The van der Waals surface area contributed by atoms with Crippen molar-refractivity contribution in [3.8, 4) is 0 Å². The molecular formula is C14H19Br2N. The van der Waals surface area contributed by atoms with Crippen molar-refractivity contribution >= 4 is 31.9 Å². The van der Waals surface area contributed by atoms with Crippen LogP contribution in [0.3, 0.4) is 0 Å². The fourth-order valence-electron chi connectivity index (χ4n) is 2.42. The largest absolute Gasteiger partial charge is 0.299 e. The molecule has 0 N–H and O–H groups in total. The van der Waals surface area contributed by atoms with Gasteiger partial charge in [0.05, 0.1) is 0 Å². The van der Waals surface area contributed by atoms with Crippen molar-refractivity contribution < 1.29 is 0 Å². The minimum absolute atomic E-state index is 0.664. The summed E-state index contributed by atoms with van der Waals surface area (Å²) in [6, 6.07) is 8.68. The number of rotatable bonds is 3. The topological polar surface area (TPSA) is 3.24 Å². The Bertz CT molecular complexity index is 340. The molecule has 3 heteroatoms. The molecule has 1 atom stereocenters. The summed E-state index contributed by atoms with van der Waals surface area (Å²) < 4.78 is 1.16. The maximum atomic E-state index is 3.71. The predicted octanol–water partition coefficient (Wildman–Crippen LogP) is 4.44. The maximum absolute atomic E-state index is 3.71. The lowest BCUT2D eigenvalue weighted by Crippen LogP contribution is -2.35. The van der Waals surface area contributed by atoms with Crippen molar-refractivity contribution in [2.45, 2.75) is 31.1 Å². The highest BCUT2D eigenvalue weighted by Crippen LogP contribution is 2.25. The van der Waals surface area contributed by atoms with Crippen molar-refractivity contribution in [1.29, 1.82) is 0 Å². The van der Waals surface area contributed by atoms with Gasteiger partial charge in [-0.2, -0.15) is 0 Å². The fraction of sp³-hybridized carbons (Fsp3) is 0.571. The first-order chi connectivity index (χ1) is 8.15. The van der Waals surface area contributed by atoms with Crippen LogP contribution in [0.15, 0.2) is 28.7 Å². The lowest BCUT2D eigenvalue weighted by molar-refractivity contribution is 0.178. The molecule has 0 amide bonds. The molecule has 0 aromatic heterocycles. The first kappa shape index (κ1) is 13.6. The van der Waals surface area contributed by atoms with Crippen LogP contribution in [-0.2, 0) is 6.54 Å². The maximum Gasteiger partial charge on any atom is 0.0233 e. The van der Waals surface area contributed by atoms with Gasteiger partial charge in [0, 0.05) is 15.8 Å². The molecule has 0 spiro atoms. The number of piperidine rings is 1. The van der Waals surface area contributed by atoms with E-state index in [-0.39, 0.29) is 0 Å². The van der Waals surface area contributed by atoms with Gasteiger partial charge in [-0.15, -0.1) is 0 Å². The minimum atomic E-state index is 0.664. The lowest BCUT2D eigenvalue weighted by atomic mass is 9.94. The third-order valence-electron chi connectivity index (χ3n) is 3.60.